The van der Waals surface area contributed by atoms with E-state index in [1.54, 1.807) is 12.1 Å². The molecule has 4 nitrogen and oxygen atoms in total. The molecular formula is C18H12ClNO3. The summed E-state index contributed by atoms with van der Waals surface area (Å²) in [6.45, 7) is 0. The van der Waals surface area contributed by atoms with Crippen molar-refractivity contribution >= 4 is 39.9 Å². The summed E-state index contributed by atoms with van der Waals surface area (Å²) < 4.78 is 0. The molecular weight excluding hydrogens is 314 g/mol. The number of anilines is 1. The first-order valence-electron chi connectivity index (χ1n) is 6.88. The summed E-state index contributed by atoms with van der Waals surface area (Å²) in [6, 6.07) is 17.1. The lowest BCUT2D eigenvalue weighted by Crippen LogP contribution is -2.13. The molecule has 0 spiro atoms. The van der Waals surface area contributed by atoms with Gasteiger partial charge in [-0.3, -0.25) is 4.79 Å². The largest absolute Gasteiger partial charge is 0.478 e. The minimum Gasteiger partial charge on any atom is -0.478 e. The van der Waals surface area contributed by atoms with Crippen LogP contribution >= 0.6 is 11.6 Å². The van der Waals surface area contributed by atoms with Crippen LogP contribution in [0.25, 0.3) is 10.8 Å². The van der Waals surface area contributed by atoms with Gasteiger partial charge in [0, 0.05) is 5.56 Å². The first-order chi connectivity index (χ1) is 11.1. The van der Waals surface area contributed by atoms with Gasteiger partial charge in [-0.15, -0.1) is 0 Å². The first-order valence-corrected chi connectivity index (χ1v) is 7.26. The monoisotopic (exact) mass is 325 g/mol. The van der Waals surface area contributed by atoms with E-state index in [-0.39, 0.29) is 22.2 Å². The van der Waals surface area contributed by atoms with Crippen molar-refractivity contribution in [2.75, 3.05) is 5.32 Å². The minimum absolute atomic E-state index is 0.0580. The molecule has 0 aliphatic carbocycles. The van der Waals surface area contributed by atoms with Crippen LogP contribution in [-0.2, 0) is 0 Å². The van der Waals surface area contributed by atoms with Gasteiger partial charge in [0.15, 0.2) is 0 Å². The Hall–Kier alpha value is -2.85. The standard InChI is InChI=1S/C18H12ClNO3/c19-15-9-8-12(18(22)23)10-16(15)20-17(21)14-7-3-5-11-4-1-2-6-13(11)14/h1-10H,(H,20,21)(H,22,23). The molecule has 3 aromatic carbocycles. The average molecular weight is 326 g/mol. The van der Waals surface area contributed by atoms with Gasteiger partial charge in [-0.05, 0) is 35.0 Å². The van der Waals surface area contributed by atoms with Crippen LogP contribution in [0.4, 0.5) is 5.69 Å². The Morgan fingerprint density at radius 1 is 0.957 bits per heavy atom. The van der Waals surface area contributed by atoms with Crippen molar-refractivity contribution in [2.45, 2.75) is 0 Å². The molecule has 2 N–H and O–H groups in total. The molecule has 5 heteroatoms. The number of carbonyl (C=O) groups is 2. The number of fused-ring (bicyclic) bond motifs is 1. The summed E-state index contributed by atoms with van der Waals surface area (Å²) in [5, 5.41) is 13.8. The average Bonchev–Trinajstić information content (AvgIpc) is 2.56. The number of rotatable bonds is 3. The molecule has 0 radical (unpaired) electrons. The van der Waals surface area contributed by atoms with Crippen molar-refractivity contribution in [1.82, 2.24) is 0 Å². The number of amides is 1. The van der Waals surface area contributed by atoms with Crippen LogP contribution in [0.3, 0.4) is 0 Å². The second-order valence-electron chi connectivity index (χ2n) is 4.98. The summed E-state index contributed by atoms with van der Waals surface area (Å²) >= 11 is 6.04. The Kier molecular flexibility index (Phi) is 4.00. The van der Waals surface area contributed by atoms with Gasteiger partial charge >= 0.3 is 5.97 Å². The molecule has 0 heterocycles. The van der Waals surface area contributed by atoms with Crippen molar-refractivity contribution in [3.8, 4) is 0 Å². The molecule has 0 aliphatic heterocycles. The van der Waals surface area contributed by atoms with Gasteiger partial charge in [0.2, 0.25) is 0 Å². The highest BCUT2D eigenvalue weighted by molar-refractivity contribution is 6.34. The van der Waals surface area contributed by atoms with E-state index in [1.165, 1.54) is 18.2 Å². The Morgan fingerprint density at radius 3 is 2.48 bits per heavy atom. The summed E-state index contributed by atoms with van der Waals surface area (Å²) in [6.07, 6.45) is 0. The number of carboxylic acid groups (broad SMARTS) is 1. The van der Waals surface area contributed by atoms with Crippen LogP contribution in [0.15, 0.2) is 60.7 Å². The fourth-order valence-corrected chi connectivity index (χ4v) is 2.53. The highest BCUT2D eigenvalue weighted by atomic mass is 35.5. The van der Waals surface area contributed by atoms with E-state index in [9.17, 15) is 9.59 Å². The maximum absolute atomic E-state index is 12.5. The van der Waals surface area contributed by atoms with Crippen LogP contribution in [0.1, 0.15) is 20.7 Å². The van der Waals surface area contributed by atoms with Gasteiger partial charge in [0.1, 0.15) is 0 Å². The number of hydrogen-bond acceptors (Lipinski definition) is 2. The fourth-order valence-electron chi connectivity index (χ4n) is 2.37. The Labute approximate surface area is 137 Å². The van der Waals surface area contributed by atoms with E-state index in [4.69, 9.17) is 16.7 Å². The number of nitrogens with one attached hydrogen (secondary N) is 1. The summed E-state index contributed by atoms with van der Waals surface area (Å²) in [7, 11) is 0. The molecule has 0 aromatic heterocycles. The lowest BCUT2D eigenvalue weighted by Gasteiger charge is -2.10. The molecule has 114 valence electrons. The number of hydrogen-bond donors (Lipinski definition) is 2. The van der Waals surface area contributed by atoms with E-state index in [2.05, 4.69) is 5.32 Å². The van der Waals surface area contributed by atoms with Crippen molar-refractivity contribution in [2.24, 2.45) is 0 Å². The highest BCUT2D eigenvalue weighted by Gasteiger charge is 2.13. The van der Waals surface area contributed by atoms with E-state index < -0.39 is 5.97 Å². The third-order valence-electron chi connectivity index (χ3n) is 3.50. The predicted octanol–water partition coefficient (Wildman–Crippen LogP) is 4.44. The van der Waals surface area contributed by atoms with Gasteiger partial charge in [-0.25, -0.2) is 4.79 Å². The zero-order chi connectivity index (χ0) is 16.4. The summed E-state index contributed by atoms with van der Waals surface area (Å²) in [5.41, 5.74) is 0.826. The third kappa shape index (κ3) is 3.03. The van der Waals surface area contributed by atoms with Crippen LogP contribution in [0.2, 0.25) is 5.02 Å². The topological polar surface area (TPSA) is 66.4 Å². The lowest BCUT2D eigenvalue weighted by atomic mass is 10.0. The van der Waals surface area contributed by atoms with Crippen LogP contribution in [0.5, 0.6) is 0 Å². The fraction of sp³-hybridized carbons (Fsp3) is 0. The number of halogens is 1. The zero-order valence-corrected chi connectivity index (χ0v) is 12.7. The second-order valence-corrected chi connectivity index (χ2v) is 5.39. The highest BCUT2D eigenvalue weighted by Crippen LogP contribution is 2.25. The van der Waals surface area contributed by atoms with Gasteiger partial charge in [-0.2, -0.15) is 0 Å². The number of benzene rings is 3. The normalized spacial score (nSPS) is 10.5. The molecule has 0 unspecified atom stereocenters. The lowest BCUT2D eigenvalue weighted by molar-refractivity contribution is 0.0696. The zero-order valence-electron chi connectivity index (χ0n) is 11.9. The molecule has 0 bridgehead atoms. The molecule has 3 rings (SSSR count). The van der Waals surface area contributed by atoms with Gasteiger partial charge < -0.3 is 10.4 Å². The van der Waals surface area contributed by atoms with E-state index in [0.717, 1.165) is 10.8 Å². The van der Waals surface area contributed by atoms with Crippen LogP contribution in [-0.4, -0.2) is 17.0 Å². The molecule has 0 fully saturated rings. The number of aromatic carboxylic acids is 1. The molecule has 23 heavy (non-hydrogen) atoms. The second kappa shape index (κ2) is 6.10. The molecule has 0 atom stereocenters. The molecule has 0 aliphatic rings. The Balaban J connectivity index is 1.98. The SMILES string of the molecule is O=C(O)c1ccc(Cl)c(NC(=O)c2cccc3ccccc23)c1. The maximum Gasteiger partial charge on any atom is 0.335 e. The molecule has 3 aromatic rings. The maximum atomic E-state index is 12.5. The van der Waals surface area contributed by atoms with Crippen molar-refractivity contribution in [1.29, 1.82) is 0 Å². The van der Waals surface area contributed by atoms with Gasteiger partial charge in [0.25, 0.3) is 5.91 Å². The third-order valence-corrected chi connectivity index (χ3v) is 3.83. The van der Waals surface area contributed by atoms with Crippen molar-refractivity contribution < 1.29 is 14.7 Å². The van der Waals surface area contributed by atoms with Gasteiger partial charge in [-0.1, -0.05) is 48.0 Å². The number of carbonyl (C=O) groups excluding carboxylic acids is 1. The molecule has 0 saturated heterocycles. The summed E-state index contributed by atoms with van der Waals surface area (Å²) in [5.74, 6) is -1.42. The smallest absolute Gasteiger partial charge is 0.335 e. The quantitative estimate of drug-likeness (QED) is 0.748. The van der Waals surface area contributed by atoms with E-state index >= 15 is 0 Å². The Bertz CT molecular complexity index is 916. The van der Waals surface area contributed by atoms with Gasteiger partial charge in [0.05, 0.1) is 16.3 Å². The molecule has 1 amide bonds. The van der Waals surface area contributed by atoms with Crippen molar-refractivity contribution in [3.63, 3.8) is 0 Å². The minimum atomic E-state index is -1.08. The first kappa shape index (κ1) is 15.1. The van der Waals surface area contributed by atoms with E-state index in [0.29, 0.717) is 5.56 Å². The number of carboxylic acids is 1. The van der Waals surface area contributed by atoms with E-state index in [1.807, 2.05) is 30.3 Å². The van der Waals surface area contributed by atoms with Crippen molar-refractivity contribution in [3.05, 3.63) is 76.8 Å². The summed E-state index contributed by atoms with van der Waals surface area (Å²) in [4.78, 5) is 23.6. The molecule has 0 saturated carbocycles. The van der Waals surface area contributed by atoms with Crippen LogP contribution < -0.4 is 5.32 Å². The van der Waals surface area contributed by atoms with Crippen LogP contribution in [0, 0.1) is 0 Å². The Morgan fingerprint density at radius 2 is 1.70 bits per heavy atom. The predicted molar refractivity (Wildman–Crippen MR) is 90.3 cm³/mol.